The summed E-state index contributed by atoms with van der Waals surface area (Å²) in [7, 11) is 0. The second kappa shape index (κ2) is 7.34. The number of nitrogens with zero attached hydrogens (tertiary/aromatic N) is 3. The van der Waals surface area contributed by atoms with E-state index in [4.69, 9.17) is 11.6 Å². The van der Waals surface area contributed by atoms with Crippen molar-refractivity contribution >= 4 is 34.4 Å². The summed E-state index contributed by atoms with van der Waals surface area (Å²) >= 11 is 6.61. The zero-order valence-electron chi connectivity index (χ0n) is 14.2. The molecule has 128 valence electrons. The molecule has 2 aromatic rings. The van der Waals surface area contributed by atoms with Gasteiger partial charge in [-0.15, -0.1) is 0 Å². The van der Waals surface area contributed by atoms with Gasteiger partial charge < -0.3 is 10.2 Å². The number of anilines is 1. The Kier molecular flexibility index (Phi) is 5.19. The highest BCUT2D eigenvalue weighted by molar-refractivity contribution is 6.39. The Labute approximate surface area is 147 Å². The van der Waals surface area contributed by atoms with Crippen LogP contribution < -0.4 is 5.32 Å². The van der Waals surface area contributed by atoms with Gasteiger partial charge in [-0.25, -0.2) is 9.97 Å². The molecule has 1 saturated heterocycles. The van der Waals surface area contributed by atoms with Crippen LogP contribution in [-0.2, 0) is 0 Å². The Morgan fingerprint density at radius 3 is 2.79 bits per heavy atom. The molecule has 1 fully saturated rings. The first-order valence-electron chi connectivity index (χ1n) is 8.55. The number of amides is 1. The maximum Gasteiger partial charge on any atom is 0.259 e. The lowest BCUT2D eigenvalue weighted by atomic mass is 10.1. The Morgan fingerprint density at radius 1 is 1.33 bits per heavy atom. The fraction of sp³-hybridized carbons (Fsp3) is 0.500. The molecule has 2 aromatic heterocycles. The zero-order valence-corrected chi connectivity index (χ0v) is 14.9. The average Bonchev–Trinajstić information content (AvgIpc) is 2.60. The van der Waals surface area contributed by atoms with E-state index in [-0.39, 0.29) is 5.91 Å². The molecule has 0 radical (unpaired) electrons. The number of hydrogen-bond acceptors (Lipinski definition) is 4. The number of pyridine rings is 2. The fourth-order valence-corrected chi connectivity index (χ4v) is 3.25. The average molecular weight is 347 g/mol. The van der Waals surface area contributed by atoms with Crippen molar-refractivity contribution in [1.82, 2.24) is 14.9 Å². The van der Waals surface area contributed by atoms with Gasteiger partial charge in [-0.2, -0.15) is 0 Å². The quantitative estimate of drug-likeness (QED) is 0.909. The van der Waals surface area contributed by atoms with Crippen molar-refractivity contribution in [3.63, 3.8) is 0 Å². The molecule has 1 N–H and O–H groups in total. The summed E-state index contributed by atoms with van der Waals surface area (Å²) in [6, 6.07) is 3.67. The minimum Gasteiger partial charge on any atom is -0.369 e. The molecular weight excluding hydrogens is 324 g/mol. The molecule has 6 heteroatoms. The molecule has 3 rings (SSSR count). The fourth-order valence-electron chi connectivity index (χ4n) is 2.94. The van der Waals surface area contributed by atoms with Crippen molar-refractivity contribution in [2.45, 2.75) is 33.1 Å². The van der Waals surface area contributed by atoms with Gasteiger partial charge in [-0.1, -0.05) is 25.4 Å². The number of piperidine rings is 1. The van der Waals surface area contributed by atoms with Crippen molar-refractivity contribution < 1.29 is 4.79 Å². The lowest BCUT2D eigenvalue weighted by Crippen LogP contribution is -2.36. The van der Waals surface area contributed by atoms with Gasteiger partial charge >= 0.3 is 0 Å². The number of halogens is 1. The lowest BCUT2D eigenvalue weighted by molar-refractivity contribution is 0.0725. The number of hydrogen-bond donors (Lipinski definition) is 1. The first-order chi connectivity index (χ1) is 11.6. The molecule has 0 bridgehead atoms. The van der Waals surface area contributed by atoms with E-state index in [2.05, 4.69) is 29.1 Å². The molecule has 1 aliphatic rings. The standard InChI is InChI=1S/C18H23ClN4O/c1-12(2)11-21-17-14(18(24)23-9-4-3-5-10-23)15(19)13-7-6-8-20-16(13)22-17/h6-8,12H,3-5,9-11H2,1-2H3,(H,20,21,22). The van der Waals surface area contributed by atoms with Crippen LogP contribution in [0.2, 0.25) is 5.02 Å². The first-order valence-corrected chi connectivity index (χ1v) is 8.93. The summed E-state index contributed by atoms with van der Waals surface area (Å²) in [5.41, 5.74) is 1.03. The van der Waals surface area contributed by atoms with Gasteiger partial charge in [-0.3, -0.25) is 4.79 Å². The molecule has 1 amide bonds. The third kappa shape index (κ3) is 3.46. The Hall–Kier alpha value is -1.88. The number of fused-ring (bicyclic) bond motifs is 1. The number of aromatic nitrogens is 2. The third-order valence-corrected chi connectivity index (χ3v) is 4.62. The maximum atomic E-state index is 13.1. The van der Waals surface area contributed by atoms with Gasteiger partial charge in [0.05, 0.1) is 5.02 Å². The van der Waals surface area contributed by atoms with E-state index < -0.39 is 0 Å². The highest BCUT2D eigenvalue weighted by Gasteiger charge is 2.26. The van der Waals surface area contributed by atoms with Gasteiger partial charge in [0.2, 0.25) is 0 Å². The van der Waals surface area contributed by atoms with E-state index in [1.165, 1.54) is 6.42 Å². The van der Waals surface area contributed by atoms with Gasteiger partial charge in [-0.05, 0) is 37.3 Å². The molecule has 5 nitrogen and oxygen atoms in total. The molecule has 0 spiro atoms. The molecule has 3 heterocycles. The molecule has 0 aliphatic carbocycles. The third-order valence-electron chi connectivity index (χ3n) is 4.23. The Balaban J connectivity index is 2.06. The van der Waals surface area contributed by atoms with Crippen molar-refractivity contribution in [3.05, 3.63) is 28.9 Å². The molecular formula is C18H23ClN4O. The SMILES string of the molecule is CC(C)CNc1nc2ncccc2c(Cl)c1C(=O)N1CCCCC1. The second-order valence-electron chi connectivity index (χ2n) is 6.65. The smallest absolute Gasteiger partial charge is 0.259 e. The summed E-state index contributed by atoms with van der Waals surface area (Å²) in [6.07, 6.45) is 4.95. The van der Waals surface area contributed by atoms with Crippen molar-refractivity contribution in [3.8, 4) is 0 Å². The first kappa shape index (κ1) is 17.0. The van der Waals surface area contributed by atoms with Crippen LogP contribution in [-0.4, -0.2) is 40.4 Å². The minimum atomic E-state index is -0.0378. The van der Waals surface area contributed by atoms with Crippen LogP contribution >= 0.6 is 11.6 Å². The summed E-state index contributed by atoms with van der Waals surface area (Å²) < 4.78 is 0. The normalized spacial score (nSPS) is 15.1. The van der Waals surface area contributed by atoms with Gasteiger partial charge in [0, 0.05) is 31.2 Å². The van der Waals surface area contributed by atoms with E-state index in [0.29, 0.717) is 28.0 Å². The predicted molar refractivity (Wildman–Crippen MR) is 97.6 cm³/mol. The van der Waals surface area contributed by atoms with Crippen LogP contribution in [0.1, 0.15) is 43.5 Å². The van der Waals surface area contributed by atoms with E-state index in [1.807, 2.05) is 17.0 Å². The number of carbonyl (C=O) groups is 1. The largest absolute Gasteiger partial charge is 0.369 e. The van der Waals surface area contributed by atoms with Crippen LogP contribution in [0.4, 0.5) is 5.82 Å². The van der Waals surface area contributed by atoms with Crippen molar-refractivity contribution in [2.75, 3.05) is 25.0 Å². The monoisotopic (exact) mass is 346 g/mol. The summed E-state index contributed by atoms with van der Waals surface area (Å²) in [5, 5.41) is 4.44. The van der Waals surface area contributed by atoms with Crippen molar-refractivity contribution in [2.24, 2.45) is 5.92 Å². The molecule has 0 aromatic carbocycles. The Morgan fingerprint density at radius 2 is 2.08 bits per heavy atom. The predicted octanol–water partition coefficient (Wildman–Crippen LogP) is 3.98. The number of likely N-dealkylation sites (tertiary alicyclic amines) is 1. The van der Waals surface area contributed by atoms with E-state index in [9.17, 15) is 4.79 Å². The summed E-state index contributed by atoms with van der Waals surface area (Å²) in [6.45, 7) is 6.51. The highest BCUT2D eigenvalue weighted by atomic mass is 35.5. The van der Waals surface area contributed by atoms with E-state index >= 15 is 0 Å². The van der Waals surface area contributed by atoms with E-state index in [0.717, 1.165) is 37.9 Å². The lowest BCUT2D eigenvalue weighted by Gasteiger charge is -2.28. The van der Waals surface area contributed by atoms with E-state index in [1.54, 1.807) is 6.20 Å². The summed E-state index contributed by atoms with van der Waals surface area (Å²) in [5.74, 6) is 0.933. The second-order valence-corrected chi connectivity index (χ2v) is 7.03. The molecule has 0 saturated carbocycles. The number of nitrogens with one attached hydrogen (secondary N) is 1. The van der Waals surface area contributed by atoms with Crippen LogP contribution in [0.25, 0.3) is 11.0 Å². The summed E-state index contributed by atoms with van der Waals surface area (Å²) in [4.78, 5) is 23.8. The molecule has 0 atom stereocenters. The van der Waals surface area contributed by atoms with Crippen LogP contribution in [0.5, 0.6) is 0 Å². The van der Waals surface area contributed by atoms with Gasteiger partial charge in [0.1, 0.15) is 11.4 Å². The van der Waals surface area contributed by atoms with Gasteiger partial charge in [0.15, 0.2) is 5.65 Å². The molecule has 0 unspecified atom stereocenters. The zero-order chi connectivity index (χ0) is 17.1. The highest BCUT2D eigenvalue weighted by Crippen LogP contribution is 2.32. The van der Waals surface area contributed by atoms with Crippen LogP contribution in [0.15, 0.2) is 18.3 Å². The minimum absolute atomic E-state index is 0.0378. The molecule has 1 aliphatic heterocycles. The van der Waals surface area contributed by atoms with Crippen LogP contribution in [0, 0.1) is 5.92 Å². The van der Waals surface area contributed by atoms with Crippen molar-refractivity contribution in [1.29, 1.82) is 0 Å². The maximum absolute atomic E-state index is 13.1. The van der Waals surface area contributed by atoms with Gasteiger partial charge in [0.25, 0.3) is 5.91 Å². The van der Waals surface area contributed by atoms with Crippen LogP contribution in [0.3, 0.4) is 0 Å². The Bertz CT molecular complexity index is 741. The molecule has 24 heavy (non-hydrogen) atoms. The number of rotatable bonds is 4. The topological polar surface area (TPSA) is 58.1 Å². The number of carbonyl (C=O) groups excluding carboxylic acids is 1.